The van der Waals surface area contributed by atoms with Crippen LogP contribution in [0.5, 0.6) is 5.75 Å². The summed E-state index contributed by atoms with van der Waals surface area (Å²) in [4.78, 5) is 9.21. The van der Waals surface area contributed by atoms with Crippen LogP contribution < -0.4 is 15.4 Å². The fourth-order valence-corrected chi connectivity index (χ4v) is 3.22. The summed E-state index contributed by atoms with van der Waals surface area (Å²) in [6.07, 6.45) is 0.900. The van der Waals surface area contributed by atoms with Crippen LogP contribution in [0.15, 0.2) is 34.6 Å². The molecule has 0 bridgehead atoms. The number of ether oxygens (including phenoxy) is 1. The van der Waals surface area contributed by atoms with Gasteiger partial charge in [-0.25, -0.2) is 4.98 Å². The lowest BCUT2D eigenvalue weighted by Crippen LogP contribution is -2.38. The molecule has 0 fully saturated rings. The van der Waals surface area contributed by atoms with E-state index in [0.29, 0.717) is 6.54 Å². The van der Waals surface area contributed by atoms with Gasteiger partial charge in [-0.05, 0) is 25.5 Å². The Hall–Kier alpha value is -2.08. The predicted octanol–water partition coefficient (Wildman–Crippen LogP) is 3.36. The summed E-state index contributed by atoms with van der Waals surface area (Å²) in [5.74, 6) is 2.05. The maximum absolute atomic E-state index is 5.45. The Kier molecular flexibility index (Phi) is 7.73. The molecule has 136 valence electrons. The number of nitrogens with one attached hydrogen (secondary N) is 2. The number of rotatable bonds is 8. The molecule has 1 heterocycles. The Bertz CT molecular complexity index is 684. The van der Waals surface area contributed by atoms with Crippen molar-refractivity contribution in [3.8, 4) is 5.75 Å². The van der Waals surface area contributed by atoms with Gasteiger partial charge in [0, 0.05) is 37.4 Å². The van der Waals surface area contributed by atoms with E-state index in [1.165, 1.54) is 5.56 Å². The highest BCUT2D eigenvalue weighted by molar-refractivity contribution is 7.09. The minimum atomic E-state index is 0.285. The van der Waals surface area contributed by atoms with Crippen molar-refractivity contribution in [2.45, 2.75) is 33.1 Å². The number of nitrogens with zero attached hydrogens (tertiary/aromatic N) is 2. The van der Waals surface area contributed by atoms with Crippen LogP contribution in [0, 0.1) is 6.92 Å². The number of aryl methyl sites for hydroxylation is 1. The number of methoxy groups -OCH3 is 1. The van der Waals surface area contributed by atoms with Gasteiger partial charge >= 0.3 is 0 Å². The smallest absolute Gasteiger partial charge is 0.191 e. The van der Waals surface area contributed by atoms with Gasteiger partial charge in [-0.2, -0.15) is 0 Å². The zero-order chi connectivity index (χ0) is 18.1. The topological polar surface area (TPSA) is 58.5 Å². The lowest BCUT2D eigenvalue weighted by atomic mass is 10.0. The summed E-state index contributed by atoms with van der Waals surface area (Å²) in [7, 11) is 1.71. The molecule has 0 radical (unpaired) electrons. The number of guanidine groups is 1. The van der Waals surface area contributed by atoms with E-state index in [9.17, 15) is 0 Å². The van der Waals surface area contributed by atoms with E-state index in [2.05, 4.69) is 40.9 Å². The van der Waals surface area contributed by atoms with Gasteiger partial charge < -0.3 is 15.4 Å². The van der Waals surface area contributed by atoms with Crippen molar-refractivity contribution in [2.24, 2.45) is 4.99 Å². The molecule has 0 aliphatic rings. The third-order valence-electron chi connectivity index (χ3n) is 3.88. The minimum Gasteiger partial charge on any atom is -0.496 e. The first kappa shape index (κ1) is 19.2. The number of thiazole rings is 1. The first-order valence-electron chi connectivity index (χ1n) is 8.70. The Balaban J connectivity index is 1.91. The maximum Gasteiger partial charge on any atom is 0.191 e. The molecule has 0 amide bonds. The molecule has 0 saturated carbocycles. The van der Waals surface area contributed by atoms with Crippen LogP contribution in [0.1, 0.15) is 36.0 Å². The fourth-order valence-electron chi connectivity index (χ4n) is 2.57. The lowest BCUT2D eigenvalue weighted by Gasteiger charge is -2.15. The van der Waals surface area contributed by atoms with Crippen molar-refractivity contribution in [1.29, 1.82) is 0 Å². The number of para-hydroxylation sites is 1. The predicted molar refractivity (Wildman–Crippen MR) is 106 cm³/mol. The Morgan fingerprint density at radius 1 is 1.32 bits per heavy atom. The van der Waals surface area contributed by atoms with Crippen molar-refractivity contribution in [2.75, 3.05) is 26.7 Å². The summed E-state index contributed by atoms with van der Waals surface area (Å²) in [6, 6.07) is 8.13. The van der Waals surface area contributed by atoms with Crippen molar-refractivity contribution >= 4 is 17.3 Å². The van der Waals surface area contributed by atoms with Crippen molar-refractivity contribution in [1.82, 2.24) is 15.6 Å². The second-order valence-corrected chi connectivity index (χ2v) is 6.96. The van der Waals surface area contributed by atoms with Crippen LogP contribution in [-0.4, -0.2) is 37.7 Å². The van der Waals surface area contributed by atoms with Crippen molar-refractivity contribution < 1.29 is 4.74 Å². The molecule has 25 heavy (non-hydrogen) atoms. The molecule has 6 heteroatoms. The van der Waals surface area contributed by atoms with Gasteiger partial charge in [0.2, 0.25) is 0 Å². The van der Waals surface area contributed by atoms with Crippen molar-refractivity contribution in [3.63, 3.8) is 0 Å². The van der Waals surface area contributed by atoms with E-state index in [1.807, 2.05) is 25.1 Å². The minimum absolute atomic E-state index is 0.285. The number of aromatic nitrogens is 1. The van der Waals surface area contributed by atoms with Gasteiger partial charge in [-0.15, -0.1) is 11.3 Å². The summed E-state index contributed by atoms with van der Waals surface area (Å²) >= 11 is 1.69. The van der Waals surface area contributed by atoms with E-state index in [0.717, 1.165) is 41.9 Å². The zero-order valence-electron chi connectivity index (χ0n) is 15.5. The summed E-state index contributed by atoms with van der Waals surface area (Å²) in [5, 5.41) is 9.91. The summed E-state index contributed by atoms with van der Waals surface area (Å²) < 4.78 is 5.45. The first-order chi connectivity index (χ1) is 12.1. The van der Waals surface area contributed by atoms with Gasteiger partial charge in [0.1, 0.15) is 5.75 Å². The maximum atomic E-state index is 5.45. The molecule has 1 aromatic carbocycles. The highest BCUT2D eigenvalue weighted by Gasteiger charge is 2.10. The first-order valence-corrected chi connectivity index (χ1v) is 9.58. The summed E-state index contributed by atoms with van der Waals surface area (Å²) in [6.45, 7) is 8.63. The number of aliphatic imine (C=N–C) groups is 1. The molecule has 2 aromatic rings. The summed E-state index contributed by atoms with van der Waals surface area (Å²) in [5.41, 5.74) is 2.32. The van der Waals surface area contributed by atoms with Gasteiger partial charge in [0.25, 0.3) is 0 Å². The van der Waals surface area contributed by atoms with E-state index in [1.54, 1.807) is 18.4 Å². The van der Waals surface area contributed by atoms with Gasteiger partial charge in [0.15, 0.2) is 5.96 Å². The Morgan fingerprint density at radius 3 is 2.80 bits per heavy atom. The molecular formula is C19H28N4OS. The van der Waals surface area contributed by atoms with E-state index < -0.39 is 0 Å². The quantitative estimate of drug-likeness (QED) is 0.560. The standard InChI is InChI=1S/C19H28N4OS/c1-5-20-19(21-11-10-16-13-25-15(3)23-16)22-12-14(2)17-8-6-7-9-18(17)24-4/h6-9,13-14H,5,10-12H2,1-4H3,(H2,20,21,22). The average Bonchev–Trinajstić information content (AvgIpc) is 3.04. The van der Waals surface area contributed by atoms with Crippen LogP contribution in [0.25, 0.3) is 0 Å². The zero-order valence-corrected chi connectivity index (χ0v) is 16.3. The fraction of sp³-hybridized carbons (Fsp3) is 0.474. The molecular weight excluding hydrogens is 332 g/mol. The number of hydrogen-bond acceptors (Lipinski definition) is 4. The largest absolute Gasteiger partial charge is 0.496 e. The third-order valence-corrected chi connectivity index (χ3v) is 4.70. The molecule has 1 unspecified atom stereocenters. The van der Waals surface area contributed by atoms with E-state index in [-0.39, 0.29) is 5.92 Å². The molecule has 0 aliphatic heterocycles. The highest BCUT2D eigenvalue weighted by atomic mass is 32.1. The lowest BCUT2D eigenvalue weighted by molar-refractivity contribution is 0.407. The third kappa shape index (κ3) is 6.05. The molecule has 2 rings (SSSR count). The Morgan fingerprint density at radius 2 is 2.12 bits per heavy atom. The SMILES string of the molecule is CCNC(=NCC(C)c1ccccc1OC)NCCc1csc(C)n1. The second kappa shape index (κ2) is 10.0. The molecule has 1 aromatic heterocycles. The Labute approximate surface area is 154 Å². The van der Waals surface area contributed by atoms with Crippen molar-refractivity contribution in [3.05, 3.63) is 45.9 Å². The molecule has 0 saturated heterocycles. The second-order valence-electron chi connectivity index (χ2n) is 5.90. The molecule has 5 nitrogen and oxygen atoms in total. The van der Waals surface area contributed by atoms with Gasteiger partial charge in [-0.1, -0.05) is 25.1 Å². The van der Waals surface area contributed by atoms with Crippen LogP contribution >= 0.6 is 11.3 Å². The van der Waals surface area contributed by atoms with Crippen LogP contribution in [-0.2, 0) is 6.42 Å². The number of hydrogen-bond donors (Lipinski definition) is 2. The average molecular weight is 361 g/mol. The van der Waals surface area contributed by atoms with Crippen LogP contribution in [0.3, 0.4) is 0 Å². The molecule has 0 aliphatic carbocycles. The monoisotopic (exact) mass is 360 g/mol. The normalized spacial score (nSPS) is 12.7. The van der Waals surface area contributed by atoms with Crippen LogP contribution in [0.4, 0.5) is 0 Å². The van der Waals surface area contributed by atoms with Crippen LogP contribution in [0.2, 0.25) is 0 Å². The molecule has 1 atom stereocenters. The molecule has 2 N–H and O–H groups in total. The highest BCUT2D eigenvalue weighted by Crippen LogP contribution is 2.26. The number of benzene rings is 1. The van der Waals surface area contributed by atoms with E-state index in [4.69, 9.17) is 9.73 Å². The van der Waals surface area contributed by atoms with Gasteiger partial charge in [0.05, 0.1) is 17.8 Å². The molecule has 0 spiro atoms. The van der Waals surface area contributed by atoms with Gasteiger partial charge in [-0.3, -0.25) is 4.99 Å². The van der Waals surface area contributed by atoms with E-state index >= 15 is 0 Å².